The number of hydrogen-bond acceptors (Lipinski definition) is 6. The fourth-order valence-corrected chi connectivity index (χ4v) is 5.43. The fraction of sp³-hybridized carbons (Fsp3) is 0.379. The molecular weight excluding hydrogens is 722 g/mol. The van der Waals surface area contributed by atoms with Crippen LogP contribution in [-0.2, 0) is 30.4 Å². The number of benzene rings is 1. The van der Waals surface area contributed by atoms with E-state index in [0.717, 1.165) is 29.2 Å². The van der Waals surface area contributed by atoms with E-state index in [1.165, 1.54) is 32.3 Å². The third-order valence-corrected chi connectivity index (χ3v) is 7.78. The van der Waals surface area contributed by atoms with Gasteiger partial charge in [-0.3, -0.25) is 14.3 Å². The molecule has 0 unspecified atom stereocenters. The lowest BCUT2D eigenvalue weighted by molar-refractivity contribution is -0.141. The molecule has 0 saturated heterocycles. The molecule has 1 aromatic carbocycles. The van der Waals surface area contributed by atoms with Gasteiger partial charge in [-0.25, -0.2) is 19.0 Å². The van der Waals surface area contributed by atoms with Crippen LogP contribution in [0.4, 0.5) is 26.3 Å². The number of halogens is 8. The Hall–Kier alpha value is -3.99. The topological polar surface area (TPSA) is 120 Å². The third-order valence-electron chi connectivity index (χ3n) is 6.85. The first-order valence-electron chi connectivity index (χ1n) is 13.9. The fourth-order valence-electron chi connectivity index (χ4n) is 4.71. The van der Waals surface area contributed by atoms with Crippen molar-refractivity contribution in [3.8, 4) is 11.3 Å². The summed E-state index contributed by atoms with van der Waals surface area (Å²) in [6, 6.07) is 1.82. The standard InChI is InChI=1S/C29H28BrClF6N8O2/c1-15-38-11-17(12-39-15)22-9-23(29(35,36)37)43-45(22)14-28(2,3)42-25(46)21(8-16-10-40-44(13-16)27(33)34)41-26(47)24-18(6-7-31)19(30)4-5-20(24)32/h4-5,9-13,21,27H,6-8,14H2,1-3H3,(H,41,47)(H,42,46)/t21-/m1/s1. The van der Waals surface area contributed by atoms with Gasteiger partial charge >= 0.3 is 12.7 Å². The van der Waals surface area contributed by atoms with Crippen molar-refractivity contribution in [2.75, 3.05) is 5.88 Å². The molecule has 3 heterocycles. The number of hydrogen-bond donors (Lipinski definition) is 2. The number of amides is 2. The Balaban J connectivity index is 1.65. The highest BCUT2D eigenvalue weighted by Gasteiger charge is 2.37. The van der Waals surface area contributed by atoms with Crippen LogP contribution in [0.5, 0.6) is 0 Å². The Kier molecular flexibility index (Phi) is 11.0. The van der Waals surface area contributed by atoms with E-state index >= 15 is 0 Å². The maximum Gasteiger partial charge on any atom is 0.435 e. The van der Waals surface area contributed by atoms with Crippen LogP contribution >= 0.6 is 27.5 Å². The van der Waals surface area contributed by atoms with Crippen LogP contribution in [0.3, 0.4) is 0 Å². The first kappa shape index (κ1) is 35.9. The zero-order valence-corrected chi connectivity index (χ0v) is 27.4. The summed E-state index contributed by atoms with van der Waals surface area (Å²) in [4.78, 5) is 35.2. The van der Waals surface area contributed by atoms with Crippen LogP contribution in [0, 0.1) is 12.7 Å². The van der Waals surface area contributed by atoms with Gasteiger partial charge in [-0.05, 0) is 56.5 Å². The predicted molar refractivity (Wildman–Crippen MR) is 162 cm³/mol. The molecule has 0 aliphatic carbocycles. The molecule has 4 rings (SSSR count). The third kappa shape index (κ3) is 8.88. The molecule has 0 fully saturated rings. The zero-order valence-electron chi connectivity index (χ0n) is 25.0. The smallest absolute Gasteiger partial charge is 0.348 e. The summed E-state index contributed by atoms with van der Waals surface area (Å²) in [7, 11) is 0. The summed E-state index contributed by atoms with van der Waals surface area (Å²) in [5, 5.41) is 12.4. The van der Waals surface area contributed by atoms with Crippen LogP contribution in [0.15, 0.2) is 47.5 Å². The largest absolute Gasteiger partial charge is 0.435 e. The normalized spacial score (nSPS) is 12.8. The number of rotatable bonds is 12. The highest BCUT2D eigenvalue weighted by atomic mass is 79.9. The minimum absolute atomic E-state index is 0.0286. The van der Waals surface area contributed by atoms with Gasteiger partial charge in [0.1, 0.15) is 17.7 Å². The molecule has 252 valence electrons. The second-order valence-corrected chi connectivity index (χ2v) is 12.4. The average Bonchev–Trinajstić information content (AvgIpc) is 3.62. The summed E-state index contributed by atoms with van der Waals surface area (Å²) < 4.78 is 84.1. The SMILES string of the molecule is Cc1ncc(-c2cc(C(F)(F)F)nn2CC(C)(C)NC(=O)[C@@H](Cc2cnn(C(F)F)c2)NC(=O)c2c(F)ccc(Br)c2CCCl)cn1. The molecule has 47 heavy (non-hydrogen) atoms. The number of carbonyl (C=O) groups is 2. The van der Waals surface area contributed by atoms with Crippen molar-refractivity contribution in [3.63, 3.8) is 0 Å². The summed E-state index contributed by atoms with van der Waals surface area (Å²) in [5.74, 6) is -2.26. The van der Waals surface area contributed by atoms with Crippen molar-refractivity contribution in [2.24, 2.45) is 0 Å². The summed E-state index contributed by atoms with van der Waals surface area (Å²) in [5.41, 5.74) is -2.21. The molecule has 0 saturated carbocycles. The Labute approximate surface area is 278 Å². The van der Waals surface area contributed by atoms with E-state index in [2.05, 4.69) is 46.7 Å². The molecule has 10 nitrogen and oxygen atoms in total. The number of nitrogens with zero attached hydrogens (tertiary/aromatic N) is 6. The first-order valence-corrected chi connectivity index (χ1v) is 15.2. The van der Waals surface area contributed by atoms with Gasteiger partial charge in [0.05, 0.1) is 29.5 Å². The lowest BCUT2D eigenvalue weighted by Gasteiger charge is -2.30. The van der Waals surface area contributed by atoms with Crippen molar-refractivity contribution in [1.82, 2.24) is 40.2 Å². The van der Waals surface area contributed by atoms with Gasteiger partial charge in [0, 0.05) is 40.9 Å². The summed E-state index contributed by atoms with van der Waals surface area (Å²) >= 11 is 9.14. The van der Waals surface area contributed by atoms with Gasteiger partial charge < -0.3 is 10.6 Å². The molecule has 0 bridgehead atoms. The molecule has 0 aliphatic rings. The molecule has 2 amide bonds. The molecule has 18 heteroatoms. The van der Waals surface area contributed by atoms with Crippen LogP contribution in [0.2, 0.25) is 0 Å². The van der Waals surface area contributed by atoms with Crippen molar-refractivity contribution in [1.29, 1.82) is 0 Å². The Morgan fingerprint density at radius 2 is 1.79 bits per heavy atom. The molecule has 3 aromatic heterocycles. The van der Waals surface area contributed by atoms with E-state index in [9.17, 15) is 35.9 Å². The van der Waals surface area contributed by atoms with Crippen LogP contribution < -0.4 is 10.6 Å². The van der Waals surface area contributed by atoms with Gasteiger partial charge in [0.25, 0.3) is 5.91 Å². The van der Waals surface area contributed by atoms with Gasteiger partial charge in [-0.15, -0.1) is 11.6 Å². The van der Waals surface area contributed by atoms with Crippen molar-refractivity contribution < 1.29 is 35.9 Å². The van der Waals surface area contributed by atoms with Gasteiger partial charge in [0.15, 0.2) is 5.69 Å². The predicted octanol–water partition coefficient (Wildman–Crippen LogP) is 5.88. The maximum absolute atomic E-state index is 15.0. The number of aromatic nitrogens is 6. The monoisotopic (exact) mass is 748 g/mol. The Bertz CT molecular complexity index is 1740. The van der Waals surface area contributed by atoms with Crippen LogP contribution in [0.25, 0.3) is 11.3 Å². The van der Waals surface area contributed by atoms with E-state index in [1.807, 2.05) is 0 Å². The molecular formula is C29H28BrClF6N8O2. The first-order chi connectivity index (χ1) is 22.0. The summed E-state index contributed by atoms with van der Waals surface area (Å²) in [6.45, 7) is 1.37. The van der Waals surface area contributed by atoms with Crippen LogP contribution in [-0.4, -0.2) is 58.8 Å². The highest BCUT2D eigenvalue weighted by molar-refractivity contribution is 9.10. The van der Waals surface area contributed by atoms with Gasteiger partial charge in [-0.2, -0.15) is 32.1 Å². The molecule has 2 N–H and O–H groups in total. The number of nitrogens with one attached hydrogen (secondary N) is 2. The molecule has 0 aliphatic heterocycles. The lowest BCUT2D eigenvalue weighted by Crippen LogP contribution is -2.55. The van der Waals surface area contributed by atoms with E-state index < -0.39 is 47.6 Å². The average molecular weight is 750 g/mol. The maximum atomic E-state index is 15.0. The van der Waals surface area contributed by atoms with E-state index in [4.69, 9.17) is 11.6 Å². The van der Waals surface area contributed by atoms with E-state index in [1.54, 1.807) is 6.92 Å². The quantitative estimate of drug-likeness (QED) is 0.138. The van der Waals surface area contributed by atoms with Crippen molar-refractivity contribution in [3.05, 3.63) is 81.5 Å². The number of aryl methyl sites for hydroxylation is 1. The van der Waals surface area contributed by atoms with E-state index in [0.29, 0.717) is 15.0 Å². The Morgan fingerprint density at radius 1 is 1.11 bits per heavy atom. The molecule has 0 spiro atoms. The molecule has 0 radical (unpaired) electrons. The summed E-state index contributed by atoms with van der Waals surface area (Å²) in [6.07, 6.45) is -0.266. The molecule has 4 aromatic rings. The highest BCUT2D eigenvalue weighted by Crippen LogP contribution is 2.32. The Morgan fingerprint density at radius 3 is 2.38 bits per heavy atom. The second-order valence-electron chi connectivity index (χ2n) is 11.1. The van der Waals surface area contributed by atoms with E-state index in [-0.39, 0.29) is 53.2 Å². The second kappa shape index (κ2) is 14.4. The number of carbonyl (C=O) groups excluding carboxylic acids is 2. The van der Waals surface area contributed by atoms with Crippen molar-refractivity contribution in [2.45, 2.75) is 64.5 Å². The van der Waals surface area contributed by atoms with Gasteiger partial charge in [-0.1, -0.05) is 15.9 Å². The minimum atomic E-state index is -4.78. The number of alkyl halides is 6. The van der Waals surface area contributed by atoms with Gasteiger partial charge in [0.2, 0.25) is 5.91 Å². The lowest BCUT2D eigenvalue weighted by atomic mass is 10.0. The minimum Gasteiger partial charge on any atom is -0.348 e. The van der Waals surface area contributed by atoms with Crippen molar-refractivity contribution >= 4 is 39.3 Å². The zero-order chi connectivity index (χ0) is 34.7. The molecule has 1 atom stereocenters. The van der Waals surface area contributed by atoms with Crippen LogP contribution in [0.1, 0.15) is 53.4 Å².